The van der Waals surface area contributed by atoms with Crippen LogP contribution in [0.1, 0.15) is 40.2 Å². The van der Waals surface area contributed by atoms with E-state index in [1.807, 2.05) is 20.8 Å². The fourth-order valence-corrected chi connectivity index (χ4v) is 3.57. The molecule has 0 atom stereocenters. The number of benzene rings is 1. The van der Waals surface area contributed by atoms with Gasteiger partial charge in [0.15, 0.2) is 0 Å². The first kappa shape index (κ1) is 17.5. The van der Waals surface area contributed by atoms with Crippen molar-refractivity contribution in [1.29, 1.82) is 0 Å². The molecule has 0 aromatic heterocycles. The largest absolute Gasteiger partial charge is 0.481 e. The molecule has 0 fully saturated rings. The van der Waals surface area contributed by atoms with Crippen molar-refractivity contribution in [2.75, 3.05) is 10.5 Å². The number of nitrogens with one attached hydrogen (secondary N) is 1. The fraction of sp³-hybridized carbons (Fsp3) is 0.533. The van der Waals surface area contributed by atoms with Crippen LogP contribution in [0.5, 0.6) is 0 Å². The first-order valence-corrected chi connectivity index (χ1v) is 8.33. The molecule has 1 rings (SSSR count). The number of rotatable bonds is 5. The second-order valence-electron chi connectivity index (χ2n) is 6.93. The third kappa shape index (κ3) is 5.04. The van der Waals surface area contributed by atoms with Crippen molar-refractivity contribution in [3.05, 3.63) is 29.8 Å². The van der Waals surface area contributed by atoms with Crippen molar-refractivity contribution < 1.29 is 18.3 Å². The zero-order valence-electron chi connectivity index (χ0n) is 13.1. The Bertz CT molecular complexity index is 610. The first-order valence-electron chi connectivity index (χ1n) is 6.68. The Morgan fingerprint density at radius 2 is 1.57 bits per heavy atom. The van der Waals surface area contributed by atoms with Gasteiger partial charge in [0.1, 0.15) is 0 Å². The molecule has 1 aromatic rings. The molecule has 0 aliphatic rings. The minimum absolute atomic E-state index is 0.0162. The Balaban J connectivity index is 2.92. The molecule has 6 heteroatoms. The van der Waals surface area contributed by atoms with E-state index in [1.54, 1.807) is 38.1 Å². The highest BCUT2D eigenvalue weighted by molar-refractivity contribution is 7.92. The lowest BCUT2D eigenvalue weighted by Gasteiger charge is -2.21. The lowest BCUT2D eigenvalue weighted by molar-refractivity contribution is -0.142. The van der Waals surface area contributed by atoms with E-state index in [0.29, 0.717) is 11.3 Å². The van der Waals surface area contributed by atoms with Gasteiger partial charge in [-0.2, -0.15) is 0 Å². The maximum Gasteiger partial charge on any atom is 0.313 e. The van der Waals surface area contributed by atoms with Crippen LogP contribution >= 0.6 is 0 Å². The standard InChI is InChI=1S/C15H23NO4S/c1-14(2,3)10-21(19,20)16-12-8-6-11(7-9-12)15(4,5)13(17)18/h6-9,16H,10H2,1-5H3,(H,17,18). The highest BCUT2D eigenvalue weighted by atomic mass is 32.2. The lowest BCUT2D eigenvalue weighted by Crippen LogP contribution is -2.28. The summed E-state index contributed by atoms with van der Waals surface area (Å²) in [4.78, 5) is 11.2. The van der Waals surface area contributed by atoms with Gasteiger partial charge in [-0.3, -0.25) is 9.52 Å². The van der Waals surface area contributed by atoms with Crippen LogP contribution in [0, 0.1) is 5.41 Å². The Hall–Kier alpha value is -1.56. The maximum absolute atomic E-state index is 12.0. The molecule has 0 saturated carbocycles. The smallest absolute Gasteiger partial charge is 0.313 e. The molecule has 0 unspecified atom stereocenters. The van der Waals surface area contributed by atoms with E-state index in [0.717, 1.165) is 0 Å². The van der Waals surface area contributed by atoms with Crippen molar-refractivity contribution in [2.24, 2.45) is 5.41 Å². The molecule has 118 valence electrons. The summed E-state index contributed by atoms with van der Waals surface area (Å²) >= 11 is 0. The second-order valence-corrected chi connectivity index (χ2v) is 8.65. The average Bonchev–Trinajstić information content (AvgIpc) is 2.25. The summed E-state index contributed by atoms with van der Waals surface area (Å²) in [5.41, 5.74) is -0.294. The molecule has 0 amide bonds. The summed E-state index contributed by atoms with van der Waals surface area (Å²) in [5, 5.41) is 9.17. The van der Waals surface area contributed by atoms with Gasteiger partial charge in [-0.1, -0.05) is 32.9 Å². The Kier molecular flexibility index (Phi) is 4.73. The molecule has 0 heterocycles. The molecule has 0 aliphatic carbocycles. The maximum atomic E-state index is 12.0. The van der Waals surface area contributed by atoms with E-state index >= 15 is 0 Å². The van der Waals surface area contributed by atoms with Crippen LogP contribution in [-0.2, 0) is 20.2 Å². The van der Waals surface area contributed by atoms with Gasteiger partial charge in [-0.15, -0.1) is 0 Å². The van der Waals surface area contributed by atoms with E-state index < -0.39 is 21.4 Å². The molecule has 5 nitrogen and oxygen atoms in total. The number of carboxylic acid groups (broad SMARTS) is 1. The zero-order chi connectivity index (χ0) is 16.5. The van der Waals surface area contributed by atoms with Crippen LogP contribution in [0.25, 0.3) is 0 Å². The minimum atomic E-state index is -3.42. The number of carboxylic acids is 1. The normalized spacial score (nSPS) is 13.0. The van der Waals surface area contributed by atoms with Crippen molar-refractivity contribution in [1.82, 2.24) is 0 Å². The second kappa shape index (κ2) is 5.67. The summed E-state index contributed by atoms with van der Waals surface area (Å²) in [6.45, 7) is 8.77. The van der Waals surface area contributed by atoms with Gasteiger partial charge in [0, 0.05) is 5.69 Å². The summed E-state index contributed by atoms with van der Waals surface area (Å²) < 4.78 is 26.5. The average molecular weight is 313 g/mol. The highest BCUT2D eigenvalue weighted by Gasteiger charge is 2.29. The SMILES string of the molecule is CC(C)(C)CS(=O)(=O)Nc1ccc(C(C)(C)C(=O)O)cc1. The van der Waals surface area contributed by atoms with Crippen molar-refractivity contribution >= 4 is 21.7 Å². The van der Waals surface area contributed by atoms with Gasteiger partial charge in [-0.05, 0) is 37.0 Å². The molecule has 0 saturated heterocycles. The van der Waals surface area contributed by atoms with E-state index in [1.165, 1.54) is 0 Å². The molecule has 0 bridgehead atoms. The monoisotopic (exact) mass is 313 g/mol. The zero-order valence-corrected chi connectivity index (χ0v) is 13.9. The molecular weight excluding hydrogens is 290 g/mol. The lowest BCUT2D eigenvalue weighted by atomic mass is 9.85. The van der Waals surface area contributed by atoms with Gasteiger partial charge in [0.05, 0.1) is 11.2 Å². The van der Waals surface area contributed by atoms with Gasteiger partial charge in [0.25, 0.3) is 0 Å². The highest BCUT2D eigenvalue weighted by Crippen LogP contribution is 2.25. The summed E-state index contributed by atoms with van der Waals surface area (Å²) in [6.07, 6.45) is 0. The van der Waals surface area contributed by atoms with Crippen LogP contribution in [0.3, 0.4) is 0 Å². The van der Waals surface area contributed by atoms with Gasteiger partial charge < -0.3 is 5.11 Å². The Labute approximate surface area is 126 Å². The molecule has 1 aromatic carbocycles. The van der Waals surface area contributed by atoms with Gasteiger partial charge >= 0.3 is 5.97 Å². The molecule has 21 heavy (non-hydrogen) atoms. The summed E-state index contributed by atoms with van der Waals surface area (Å²) in [5.74, 6) is -0.911. The van der Waals surface area contributed by atoms with Crippen LogP contribution < -0.4 is 4.72 Å². The van der Waals surface area contributed by atoms with Crippen LogP contribution in [0.15, 0.2) is 24.3 Å². The van der Waals surface area contributed by atoms with E-state index in [2.05, 4.69) is 4.72 Å². The van der Waals surface area contributed by atoms with E-state index in [9.17, 15) is 13.2 Å². The Morgan fingerprint density at radius 3 is 1.95 bits per heavy atom. The van der Waals surface area contributed by atoms with Gasteiger partial charge in [-0.25, -0.2) is 8.42 Å². The Morgan fingerprint density at radius 1 is 1.10 bits per heavy atom. The quantitative estimate of drug-likeness (QED) is 0.875. The number of carbonyl (C=O) groups is 1. The number of sulfonamides is 1. The molecular formula is C15H23NO4S. The van der Waals surface area contributed by atoms with Crippen molar-refractivity contribution in [2.45, 2.75) is 40.0 Å². The third-order valence-electron chi connectivity index (χ3n) is 3.04. The molecule has 0 aliphatic heterocycles. The predicted molar refractivity (Wildman–Crippen MR) is 84.0 cm³/mol. The molecule has 0 radical (unpaired) electrons. The topological polar surface area (TPSA) is 83.5 Å². The number of hydrogen-bond acceptors (Lipinski definition) is 3. The van der Waals surface area contributed by atoms with Crippen molar-refractivity contribution in [3.8, 4) is 0 Å². The predicted octanol–water partition coefficient (Wildman–Crippen LogP) is 2.84. The van der Waals surface area contributed by atoms with Crippen LogP contribution in [0.2, 0.25) is 0 Å². The third-order valence-corrected chi connectivity index (χ3v) is 4.83. The number of anilines is 1. The van der Waals surface area contributed by atoms with E-state index in [4.69, 9.17) is 5.11 Å². The summed E-state index contributed by atoms with van der Waals surface area (Å²) in [7, 11) is -3.42. The van der Waals surface area contributed by atoms with Crippen LogP contribution in [-0.4, -0.2) is 25.2 Å². The van der Waals surface area contributed by atoms with Crippen LogP contribution in [0.4, 0.5) is 5.69 Å². The van der Waals surface area contributed by atoms with Crippen molar-refractivity contribution in [3.63, 3.8) is 0 Å². The molecule has 2 N–H and O–H groups in total. The number of aliphatic carboxylic acids is 1. The number of hydrogen-bond donors (Lipinski definition) is 2. The summed E-state index contributed by atoms with van der Waals surface area (Å²) in [6, 6.07) is 6.42. The van der Waals surface area contributed by atoms with E-state index in [-0.39, 0.29) is 11.2 Å². The first-order chi connectivity index (χ1) is 9.33. The minimum Gasteiger partial charge on any atom is -0.481 e. The fourth-order valence-electron chi connectivity index (χ4n) is 1.86. The molecule has 0 spiro atoms. The van der Waals surface area contributed by atoms with Gasteiger partial charge in [0.2, 0.25) is 10.0 Å².